The first kappa shape index (κ1) is 20.8. The first-order valence-electron chi connectivity index (χ1n) is 9.32. The molecular formula is C23H22NO4S-. The van der Waals surface area contributed by atoms with Gasteiger partial charge < -0.3 is 9.66 Å². The Morgan fingerprint density at radius 3 is 2.31 bits per heavy atom. The summed E-state index contributed by atoms with van der Waals surface area (Å²) in [5, 5.41) is 9.33. The van der Waals surface area contributed by atoms with Crippen LogP contribution in [0.5, 0.6) is 0 Å². The van der Waals surface area contributed by atoms with E-state index < -0.39 is 17.2 Å². The minimum Gasteiger partial charge on any atom is -0.755 e. The van der Waals surface area contributed by atoms with Gasteiger partial charge in [0.05, 0.1) is 28.2 Å². The Bertz CT molecular complexity index is 1030. The van der Waals surface area contributed by atoms with Gasteiger partial charge in [-0.2, -0.15) is 0 Å². The smallest absolute Gasteiger partial charge is 0.335 e. The van der Waals surface area contributed by atoms with Crippen LogP contribution in [0.4, 0.5) is 11.4 Å². The third-order valence-corrected chi connectivity index (χ3v) is 5.44. The van der Waals surface area contributed by atoms with Crippen LogP contribution in [0.2, 0.25) is 0 Å². The van der Waals surface area contributed by atoms with Gasteiger partial charge in [0.25, 0.3) is 0 Å². The van der Waals surface area contributed by atoms with Crippen LogP contribution in [-0.4, -0.2) is 19.8 Å². The van der Waals surface area contributed by atoms with Gasteiger partial charge in [-0.05, 0) is 67.1 Å². The van der Waals surface area contributed by atoms with E-state index in [-0.39, 0.29) is 0 Å². The Morgan fingerprint density at radius 2 is 1.62 bits per heavy atom. The maximum Gasteiger partial charge on any atom is 0.335 e. The molecule has 6 heteroatoms. The van der Waals surface area contributed by atoms with Crippen LogP contribution < -0.4 is 4.31 Å². The van der Waals surface area contributed by atoms with Gasteiger partial charge in [0.1, 0.15) is 0 Å². The van der Waals surface area contributed by atoms with Gasteiger partial charge in [-0.15, -0.1) is 0 Å². The lowest BCUT2D eigenvalue weighted by Crippen LogP contribution is -2.21. The normalized spacial score (nSPS) is 11.8. The Balaban J connectivity index is 1.83. The molecule has 0 aliphatic heterocycles. The van der Waals surface area contributed by atoms with Gasteiger partial charge >= 0.3 is 5.97 Å². The largest absolute Gasteiger partial charge is 0.755 e. The number of carboxylic acid groups (broad SMARTS) is 1. The fourth-order valence-electron chi connectivity index (χ4n) is 3.40. The van der Waals surface area contributed by atoms with Gasteiger partial charge in [0, 0.05) is 0 Å². The molecule has 0 fully saturated rings. The maximum atomic E-state index is 12.0. The average Bonchev–Trinajstić information content (AvgIpc) is 2.69. The number of nitrogens with zero attached hydrogens (tertiary/aromatic N) is 1. The summed E-state index contributed by atoms with van der Waals surface area (Å²) in [6, 6.07) is 21.7. The molecular weight excluding hydrogens is 386 g/mol. The molecule has 1 N–H and O–H groups in total. The van der Waals surface area contributed by atoms with Gasteiger partial charge in [-0.3, -0.25) is 8.51 Å². The van der Waals surface area contributed by atoms with Crippen LogP contribution in [0.1, 0.15) is 33.5 Å². The molecule has 0 saturated heterocycles. The van der Waals surface area contributed by atoms with Gasteiger partial charge in [-0.25, -0.2) is 4.79 Å². The first-order chi connectivity index (χ1) is 14.0. The highest BCUT2D eigenvalue weighted by molar-refractivity contribution is 7.81. The van der Waals surface area contributed by atoms with Crippen molar-refractivity contribution < 1.29 is 18.7 Å². The van der Waals surface area contributed by atoms with Crippen LogP contribution in [-0.2, 0) is 24.1 Å². The molecule has 1 unspecified atom stereocenters. The molecule has 0 saturated carbocycles. The van der Waals surface area contributed by atoms with Gasteiger partial charge in [0.15, 0.2) is 0 Å². The monoisotopic (exact) mass is 408 g/mol. The van der Waals surface area contributed by atoms with Crippen LogP contribution >= 0.6 is 0 Å². The highest BCUT2D eigenvalue weighted by atomic mass is 32.2. The third-order valence-electron chi connectivity index (χ3n) is 4.74. The SMILES string of the molecule is Cc1cccc(N(c2ccccc2CCCc2ccccc2C(=O)O)S(=O)[O-])c1. The molecule has 0 radical (unpaired) electrons. The van der Waals surface area contributed by atoms with Crippen molar-refractivity contribution in [2.75, 3.05) is 4.31 Å². The molecule has 0 amide bonds. The lowest BCUT2D eigenvalue weighted by molar-refractivity contribution is 0.0695. The molecule has 3 aromatic rings. The van der Waals surface area contributed by atoms with E-state index in [1.54, 1.807) is 24.3 Å². The van der Waals surface area contributed by atoms with E-state index in [1.807, 2.05) is 55.5 Å². The molecule has 0 aliphatic rings. The number of benzene rings is 3. The van der Waals surface area contributed by atoms with Crippen molar-refractivity contribution in [1.82, 2.24) is 0 Å². The number of carbonyl (C=O) groups is 1. The molecule has 5 nitrogen and oxygen atoms in total. The number of para-hydroxylation sites is 1. The number of anilines is 2. The molecule has 3 aromatic carbocycles. The first-order valence-corrected chi connectivity index (χ1v) is 10.4. The molecule has 0 heterocycles. The van der Waals surface area contributed by atoms with Crippen molar-refractivity contribution in [1.29, 1.82) is 0 Å². The van der Waals surface area contributed by atoms with Crippen molar-refractivity contribution in [2.45, 2.75) is 26.2 Å². The number of aromatic carboxylic acids is 1. The highest BCUT2D eigenvalue weighted by Gasteiger charge is 2.15. The molecule has 1 atom stereocenters. The summed E-state index contributed by atoms with van der Waals surface area (Å²) in [6.45, 7) is 1.92. The van der Waals surface area contributed by atoms with Crippen LogP contribution in [0, 0.1) is 6.92 Å². The average molecular weight is 408 g/mol. The summed E-state index contributed by atoms with van der Waals surface area (Å²) in [5.74, 6) is -0.937. The summed E-state index contributed by atoms with van der Waals surface area (Å²) >= 11 is -2.47. The summed E-state index contributed by atoms with van der Waals surface area (Å²) in [4.78, 5) is 11.4. The second-order valence-electron chi connectivity index (χ2n) is 6.80. The van der Waals surface area contributed by atoms with Crippen molar-refractivity contribution in [3.8, 4) is 0 Å². The molecule has 3 rings (SSSR count). The zero-order valence-electron chi connectivity index (χ0n) is 16.1. The minimum atomic E-state index is -2.47. The van der Waals surface area contributed by atoms with Crippen LogP contribution in [0.25, 0.3) is 0 Å². The summed E-state index contributed by atoms with van der Waals surface area (Å²) in [6.07, 6.45) is 1.93. The number of aryl methyl sites for hydroxylation is 3. The molecule has 0 aromatic heterocycles. The zero-order valence-corrected chi connectivity index (χ0v) is 16.9. The quantitative estimate of drug-likeness (QED) is 0.543. The second kappa shape index (κ2) is 9.49. The van der Waals surface area contributed by atoms with E-state index in [0.717, 1.165) is 16.7 Å². The molecule has 0 aliphatic carbocycles. The molecule has 150 valence electrons. The number of hydrogen-bond donors (Lipinski definition) is 1. The lowest BCUT2D eigenvalue weighted by Gasteiger charge is -2.29. The molecule has 0 bridgehead atoms. The number of rotatable bonds is 8. The predicted octanol–water partition coefficient (Wildman–Crippen LogP) is 4.80. The summed E-state index contributed by atoms with van der Waals surface area (Å²) in [7, 11) is 0. The highest BCUT2D eigenvalue weighted by Crippen LogP contribution is 2.31. The predicted molar refractivity (Wildman–Crippen MR) is 114 cm³/mol. The molecule has 0 spiro atoms. The maximum absolute atomic E-state index is 12.0. The van der Waals surface area contributed by atoms with Gasteiger partial charge in [-0.1, -0.05) is 48.5 Å². The Labute approximate surface area is 173 Å². The third kappa shape index (κ3) is 5.10. The van der Waals surface area contributed by atoms with Crippen molar-refractivity contribution in [3.63, 3.8) is 0 Å². The fourth-order valence-corrected chi connectivity index (χ4v) is 4.02. The zero-order chi connectivity index (χ0) is 20.8. The fraction of sp³-hybridized carbons (Fsp3) is 0.174. The summed E-state index contributed by atoms with van der Waals surface area (Å²) < 4.78 is 25.4. The standard InChI is InChI=1S/C23H23NO4S/c1-17-8-6-13-20(16-17)24(29(27)28)22-15-5-3-10-19(22)12-7-11-18-9-2-4-14-21(18)23(25)26/h2-6,8-10,13-16H,7,11-12H2,1H3,(H,25,26)(H,27,28)/p-1. The Kier molecular flexibility index (Phi) is 6.80. The lowest BCUT2D eigenvalue weighted by atomic mass is 9.99. The van der Waals surface area contributed by atoms with E-state index in [2.05, 4.69) is 0 Å². The number of carboxylic acids is 1. The minimum absolute atomic E-state index is 0.308. The Morgan fingerprint density at radius 1 is 0.966 bits per heavy atom. The van der Waals surface area contributed by atoms with E-state index in [9.17, 15) is 18.7 Å². The summed E-state index contributed by atoms with van der Waals surface area (Å²) in [5.41, 5.74) is 4.15. The van der Waals surface area contributed by atoms with E-state index in [4.69, 9.17) is 0 Å². The van der Waals surface area contributed by atoms with Crippen molar-refractivity contribution in [2.24, 2.45) is 0 Å². The van der Waals surface area contributed by atoms with Crippen LogP contribution in [0.3, 0.4) is 0 Å². The van der Waals surface area contributed by atoms with E-state index in [0.29, 0.717) is 36.2 Å². The van der Waals surface area contributed by atoms with Crippen molar-refractivity contribution in [3.05, 3.63) is 95.1 Å². The number of hydrogen-bond acceptors (Lipinski definition) is 3. The van der Waals surface area contributed by atoms with E-state index >= 15 is 0 Å². The Hall–Kier alpha value is -2.96. The van der Waals surface area contributed by atoms with Crippen LogP contribution in [0.15, 0.2) is 72.8 Å². The van der Waals surface area contributed by atoms with Gasteiger partial charge in [0.2, 0.25) is 0 Å². The second-order valence-corrected chi connectivity index (χ2v) is 7.59. The molecule has 29 heavy (non-hydrogen) atoms. The van der Waals surface area contributed by atoms with E-state index in [1.165, 1.54) is 4.31 Å². The topological polar surface area (TPSA) is 80.7 Å². The van der Waals surface area contributed by atoms with Crippen molar-refractivity contribution >= 4 is 28.6 Å².